The van der Waals surface area contributed by atoms with Crippen LogP contribution in [-0.4, -0.2) is 17.9 Å². The monoisotopic (exact) mass is 316 g/mol. The molecule has 98 valence electrons. The fourth-order valence-electron chi connectivity index (χ4n) is 1.31. The van der Waals surface area contributed by atoms with Gasteiger partial charge in [0, 0.05) is 12.1 Å². The Balaban J connectivity index is 3.02. The molecule has 0 heterocycles. The first-order valence-corrected chi connectivity index (χ1v) is 6.20. The van der Waals surface area contributed by atoms with Gasteiger partial charge in [-0.05, 0) is 22.4 Å². The van der Waals surface area contributed by atoms with E-state index in [9.17, 15) is 14.9 Å². The molecule has 1 N–H and O–H groups in total. The standard InChI is InChI=1S/C11H13BrN2O4/c1-2-3-4-18-11-6-9(13-7-15)10(14(16)17)5-8(11)12/h5-7H,2-4H2,1H3,(H,13,15). The van der Waals surface area contributed by atoms with Crippen LogP contribution in [0.5, 0.6) is 5.75 Å². The number of carbonyl (C=O) groups is 1. The second-order valence-corrected chi connectivity index (χ2v) is 4.38. The number of anilines is 1. The number of halogens is 1. The Morgan fingerprint density at radius 2 is 2.28 bits per heavy atom. The van der Waals surface area contributed by atoms with Gasteiger partial charge in [-0.15, -0.1) is 0 Å². The van der Waals surface area contributed by atoms with E-state index in [1.54, 1.807) is 0 Å². The highest BCUT2D eigenvalue weighted by molar-refractivity contribution is 9.10. The molecule has 0 fully saturated rings. The zero-order chi connectivity index (χ0) is 13.5. The Labute approximate surface area is 113 Å². The number of rotatable bonds is 7. The summed E-state index contributed by atoms with van der Waals surface area (Å²) in [5, 5.41) is 13.1. The third-order valence-corrected chi connectivity index (χ3v) is 2.84. The first-order valence-electron chi connectivity index (χ1n) is 5.41. The molecule has 0 bridgehead atoms. The molecule has 0 atom stereocenters. The Bertz CT molecular complexity index is 451. The molecule has 1 aromatic rings. The molecule has 0 spiro atoms. The summed E-state index contributed by atoms with van der Waals surface area (Å²) in [4.78, 5) is 20.7. The SMILES string of the molecule is CCCCOc1cc(NC=O)c([N+](=O)[O-])cc1Br. The molecule has 6 nitrogen and oxygen atoms in total. The molecule has 0 saturated carbocycles. The molecule has 0 unspecified atom stereocenters. The van der Waals surface area contributed by atoms with Crippen molar-refractivity contribution in [1.82, 2.24) is 0 Å². The molecular formula is C11H13BrN2O4. The molecule has 0 aromatic heterocycles. The zero-order valence-corrected chi connectivity index (χ0v) is 11.4. The molecule has 0 aliphatic heterocycles. The second-order valence-electron chi connectivity index (χ2n) is 3.52. The third kappa shape index (κ3) is 3.69. The lowest BCUT2D eigenvalue weighted by Crippen LogP contribution is -2.02. The molecule has 0 aliphatic rings. The van der Waals surface area contributed by atoms with Crippen molar-refractivity contribution in [3.05, 3.63) is 26.7 Å². The van der Waals surface area contributed by atoms with Crippen LogP contribution < -0.4 is 10.1 Å². The van der Waals surface area contributed by atoms with Crippen molar-refractivity contribution in [2.24, 2.45) is 0 Å². The van der Waals surface area contributed by atoms with Gasteiger partial charge in [-0.1, -0.05) is 13.3 Å². The highest BCUT2D eigenvalue weighted by Crippen LogP contribution is 2.35. The Kier molecular flexibility index (Phi) is 5.57. The normalized spacial score (nSPS) is 9.89. The van der Waals surface area contributed by atoms with Gasteiger partial charge in [0.05, 0.1) is 16.0 Å². The van der Waals surface area contributed by atoms with Crippen LogP contribution in [0, 0.1) is 10.1 Å². The van der Waals surface area contributed by atoms with Gasteiger partial charge < -0.3 is 10.1 Å². The first kappa shape index (κ1) is 14.4. The Hall–Kier alpha value is -1.63. The maximum absolute atomic E-state index is 10.8. The minimum atomic E-state index is -0.563. The maximum atomic E-state index is 10.8. The zero-order valence-electron chi connectivity index (χ0n) is 9.81. The van der Waals surface area contributed by atoms with Gasteiger partial charge in [0.2, 0.25) is 6.41 Å². The van der Waals surface area contributed by atoms with Gasteiger partial charge in [-0.2, -0.15) is 0 Å². The number of hydrogen-bond acceptors (Lipinski definition) is 4. The highest BCUT2D eigenvalue weighted by Gasteiger charge is 2.17. The molecule has 0 saturated heterocycles. The van der Waals surface area contributed by atoms with E-state index >= 15 is 0 Å². The first-order chi connectivity index (χ1) is 8.60. The predicted octanol–water partition coefficient (Wildman–Crippen LogP) is 3.10. The minimum absolute atomic E-state index is 0.115. The molecular weight excluding hydrogens is 304 g/mol. The summed E-state index contributed by atoms with van der Waals surface area (Å²) in [6.07, 6.45) is 2.27. The minimum Gasteiger partial charge on any atom is -0.492 e. The predicted molar refractivity (Wildman–Crippen MR) is 70.9 cm³/mol. The summed E-state index contributed by atoms with van der Waals surface area (Å²) < 4.78 is 5.96. The van der Waals surface area contributed by atoms with Gasteiger partial charge >= 0.3 is 0 Å². The molecule has 1 amide bonds. The number of amides is 1. The Morgan fingerprint density at radius 1 is 1.56 bits per heavy atom. The van der Waals surface area contributed by atoms with E-state index in [0.717, 1.165) is 12.8 Å². The third-order valence-electron chi connectivity index (χ3n) is 2.22. The van der Waals surface area contributed by atoms with Crippen LogP contribution in [-0.2, 0) is 4.79 Å². The number of nitro benzene ring substituents is 1. The van der Waals surface area contributed by atoms with E-state index in [1.807, 2.05) is 6.92 Å². The van der Waals surface area contributed by atoms with Crippen molar-refractivity contribution < 1.29 is 14.5 Å². The highest BCUT2D eigenvalue weighted by atomic mass is 79.9. The number of nitrogens with zero attached hydrogens (tertiary/aromatic N) is 1. The van der Waals surface area contributed by atoms with Crippen LogP contribution in [0.3, 0.4) is 0 Å². The van der Waals surface area contributed by atoms with Gasteiger partial charge in [0.1, 0.15) is 11.4 Å². The van der Waals surface area contributed by atoms with Crippen molar-refractivity contribution in [1.29, 1.82) is 0 Å². The van der Waals surface area contributed by atoms with Crippen molar-refractivity contribution in [3.63, 3.8) is 0 Å². The summed E-state index contributed by atoms with van der Waals surface area (Å²) in [6, 6.07) is 2.75. The van der Waals surface area contributed by atoms with Gasteiger partial charge in [-0.25, -0.2) is 0 Å². The summed E-state index contributed by atoms with van der Waals surface area (Å²) in [7, 11) is 0. The quantitative estimate of drug-likeness (QED) is 0.362. The fraction of sp³-hybridized carbons (Fsp3) is 0.364. The number of carbonyl (C=O) groups excluding carboxylic acids is 1. The average Bonchev–Trinajstić information content (AvgIpc) is 2.33. The van der Waals surface area contributed by atoms with Crippen molar-refractivity contribution in [2.75, 3.05) is 11.9 Å². The van der Waals surface area contributed by atoms with Crippen molar-refractivity contribution >= 4 is 33.7 Å². The number of nitrogens with one attached hydrogen (secondary N) is 1. The fourth-order valence-corrected chi connectivity index (χ4v) is 1.76. The smallest absolute Gasteiger partial charge is 0.294 e. The van der Waals surface area contributed by atoms with Gasteiger partial charge in [0.25, 0.3) is 5.69 Å². The molecule has 0 radical (unpaired) electrons. The topological polar surface area (TPSA) is 81.5 Å². The second kappa shape index (κ2) is 6.95. The number of benzene rings is 1. The van der Waals surface area contributed by atoms with Crippen molar-refractivity contribution in [2.45, 2.75) is 19.8 Å². The number of hydrogen-bond donors (Lipinski definition) is 1. The van der Waals surface area contributed by atoms with Crippen LogP contribution in [0.1, 0.15) is 19.8 Å². The van der Waals surface area contributed by atoms with Crippen LogP contribution in [0.4, 0.5) is 11.4 Å². The molecule has 18 heavy (non-hydrogen) atoms. The van der Waals surface area contributed by atoms with E-state index in [2.05, 4.69) is 21.2 Å². The molecule has 1 aromatic carbocycles. The van der Waals surface area contributed by atoms with E-state index in [1.165, 1.54) is 12.1 Å². The number of ether oxygens (including phenoxy) is 1. The average molecular weight is 317 g/mol. The molecule has 0 aliphatic carbocycles. The summed E-state index contributed by atoms with van der Waals surface area (Å²) in [5.74, 6) is 0.471. The molecule has 1 rings (SSSR count). The number of unbranched alkanes of at least 4 members (excludes halogenated alkanes) is 1. The van der Waals surface area contributed by atoms with E-state index in [-0.39, 0.29) is 11.4 Å². The van der Waals surface area contributed by atoms with E-state index in [4.69, 9.17) is 4.74 Å². The van der Waals surface area contributed by atoms with Gasteiger partial charge in [-0.3, -0.25) is 14.9 Å². The largest absolute Gasteiger partial charge is 0.492 e. The summed E-state index contributed by atoms with van der Waals surface area (Å²) in [5.41, 5.74) is -0.0680. The van der Waals surface area contributed by atoms with Crippen LogP contribution >= 0.6 is 15.9 Å². The molecule has 7 heteroatoms. The lowest BCUT2D eigenvalue weighted by Gasteiger charge is -2.09. The lowest BCUT2D eigenvalue weighted by atomic mass is 10.2. The summed E-state index contributed by atoms with van der Waals surface area (Å²) in [6.45, 7) is 2.56. The van der Waals surface area contributed by atoms with E-state index in [0.29, 0.717) is 23.2 Å². The Morgan fingerprint density at radius 3 is 2.83 bits per heavy atom. The van der Waals surface area contributed by atoms with Crippen LogP contribution in [0.15, 0.2) is 16.6 Å². The van der Waals surface area contributed by atoms with Crippen LogP contribution in [0.25, 0.3) is 0 Å². The summed E-state index contributed by atoms with van der Waals surface area (Å²) >= 11 is 3.21. The van der Waals surface area contributed by atoms with Gasteiger partial charge in [0.15, 0.2) is 0 Å². The van der Waals surface area contributed by atoms with Crippen LogP contribution in [0.2, 0.25) is 0 Å². The number of nitro groups is 1. The lowest BCUT2D eigenvalue weighted by molar-refractivity contribution is -0.384. The van der Waals surface area contributed by atoms with Crippen molar-refractivity contribution in [3.8, 4) is 5.75 Å². The maximum Gasteiger partial charge on any atom is 0.294 e. The van der Waals surface area contributed by atoms with E-state index < -0.39 is 4.92 Å².